The highest BCUT2D eigenvalue weighted by Crippen LogP contribution is 2.37. The van der Waals surface area contributed by atoms with Gasteiger partial charge in [-0.15, -0.1) is 5.10 Å². The predicted octanol–water partition coefficient (Wildman–Crippen LogP) is 1.97. The minimum atomic E-state index is -0.252. The Kier molecular flexibility index (Phi) is 3.14. The van der Waals surface area contributed by atoms with Gasteiger partial charge in [0.2, 0.25) is 5.82 Å². The largest absolute Gasteiger partial charge is 0.495 e. The van der Waals surface area contributed by atoms with Crippen LogP contribution >= 0.6 is 0 Å². The average molecular weight is 272 g/mol. The van der Waals surface area contributed by atoms with Crippen LogP contribution in [0.15, 0.2) is 24.3 Å². The lowest BCUT2D eigenvalue weighted by Crippen LogP contribution is -2.27. The standard InChI is InChI=1S/C14H16N4O2/c1-18(10-5-3-4-6-11(10)20-2)14(19)13-15-12(16-17-13)9-7-8-9/h3-6,9H,7-8H2,1-2H3,(H,15,16,17). The Morgan fingerprint density at radius 2 is 2.15 bits per heavy atom. The number of benzene rings is 1. The number of carbonyl (C=O) groups excluding carboxylic acids is 1. The van der Waals surface area contributed by atoms with Crippen LogP contribution < -0.4 is 9.64 Å². The summed E-state index contributed by atoms with van der Waals surface area (Å²) in [6, 6.07) is 7.35. The second-order valence-electron chi connectivity index (χ2n) is 4.85. The molecule has 0 bridgehead atoms. The van der Waals surface area contributed by atoms with Gasteiger partial charge in [-0.3, -0.25) is 9.89 Å². The van der Waals surface area contributed by atoms with Crippen molar-refractivity contribution in [1.82, 2.24) is 15.2 Å². The first-order chi connectivity index (χ1) is 9.70. The topological polar surface area (TPSA) is 71.1 Å². The number of carbonyl (C=O) groups is 1. The molecule has 1 fully saturated rings. The number of methoxy groups -OCH3 is 1. The van der Waals surface area contributed by atoms with Crippen molar-refractivity contribution in [1.29, 1.82) is 0 Å². The van der Waals surface area contributed by atoms with Crippen LogP contribution in [0.1, 0.15) is 35.2 Å². The Bertz CT molecular complexity index is 634. The number of nitrogens with zero attached hydrogens (tertiary/aromatic N) is 3. The fourth-order valence-corrected chi connectivity index (χ4v) is 2.08. The fourth-order valence-electron chi connectivity index (χ4n) is 2.08. The molecule has 1 aromatic heterocycles. The van der Waals surface area contributed by atoms with Crippen LogP contribution in [0.5, 0.6) is 5.75 Å². The average Bonchev–Trinajstić information content (AvgIpc) is 3.23. The van der Waals surface area contributed by atoms with E-state index in [1.54, 1.807) is 14.2 Å². The van der Waals surface area contributed by atoms with E-state index in [1.807, 2.05) is 24.3 Å². The Hall–Kier alpha value is -2.37. The minimum Gasteiger partial charge on any atom is -0.495 e. The summed E-state index contributed by atoms with van der Waals surface area (Å²) >= 11 is 0. The summed E-state index contributed by atoms with van der Waals surface area (Å²) in [4.78, 5) is 18.2. The Morgan fingerprint density at radius 1 is 1.40 bits per heavy atom. The lowest BCUT2D eigenvalue weighted by atomic mass is 10.2. The summed E-state index contributed by atoms with van der Waals surface area (Å²) < 4.78 is 5.26. The molecular weight excluding hydrogens is 256 g/mol. The van der Waals surface area contributed by atoms with Crippen molar-refractivity contribution in [2.24, 2.45) is 0 Å². The number of ether oxygens (including phenoxy) is 1. The minimum absolute atomic E-state index is 0.195. The van der Waals surface area contributed by atoms with E-state index in [0.717, 1.165) is 18.7 Å². The number of hydrogen-bond acceptors (Lipinski definition) is 4. The van der Waals surface area contributed by atoms with E-state index in [9.17, 15) is 4.79 Å². The maximum absolute atomic E-state index is 12.4. The SMILES string of the molecule is COc1ccccc1N(C)C(=O)c1n[nH]c(C2CC2)n1. The van der Waals surface area contributed by atoms with Crippen LogP contribution in [-0.4, -0.2) is 35.2 Å². The highest BCUT2D eigenvalue weighted by molar-refractivity contribution is 6.03. The van der Waals surface area contributed by atoms with Gasteiger partial charge in [-0.25, -0.2) is 4.98 Å². The predicted molar refractivity (Wildman–Crippen MR) is 74.1 cm³/mol. The Balaban J connectivity index is 1.84. The monoisotopic (exact) mass is 272 g/mol. The first-order valence-electron chi connectivity index (χ1n) is 6.54. The summed E-state index contributed by atoms with van der Waals surface area (Å²) in [5, 5.41) is 6.85. The lowest BCUT2D eigenvalue weighted by Gasteiger charge is -2.18. The maximum atomic E-state index is 12.4. The number of nitrogens with one attached hydrogen (secondary N) is 1. The second kappa shape index (κ2) is 4.96. The van der Waals surface area contributed by atoms with Crippen molar-refractivity contribution in [3.63, 3.8) is 0 Å². The molecule has 0 radical (unpaired) electrons. The highest BCUT2D eigenvalue weighted by atomic mass is 16.5. The van der Waals surface area contributed by atoms with Crippen molar-refractivity contribution in [3.05, 3.63) is 35.9 Å². The van der Waals surface area contributed by atoms with Crippen molar-refractivity contribution in [2.45, 2.75) is 18.8 Å². The molecular formula is C14H16N4O2. The zero-order valence-electron chi connectivity index (χ0n) is 11.5. The molecule has 1 saturated carbocycles. The van der Waals surface area contributed by atoms with Crippen LogP contribution in [0.25, 0.3) is 0 Å². The van der Waals surface area contributed by atoms with Gasteiger partial charge in [-0.2, -0.15) is 0 Å². The van der Waals surface area contributed by atoms with Crippen LogP contribution in [-0.2, 0) is 0 Å². The number of aromatic amines is 1. The summed E-state index contributed by atoms with van der Waals surface area (Å²) in [5.41, 5.74) is 0.692. The molecule has 20 heavy (non-hydrogen) atoms. The summed E-state index contributed by atoms with van der Waals surface area (Å²) in [6.45, 7) is 0. The van der Waals surface area contributed by atoms with Gasteiger partial charge in [0, 0.05) is 13.0 Å². The van der Waals surface area contributed by atoms with Gasteiger partial charge in [-0.1, -0.05) is 12.1 Å². The molecule has 0 saturated heterocycles. The van der Waals surface area contributed by atoms with Crippen LogP contribution in [0.3, 0.4) is 0 Å². The molecule has 6 nitrogen and oxygen atoms in total. The molecule has 3 rings (SSSR count). The fraction of sp³-hybridized carbons (Fsp3) is 0.357. The molecule has 0 aliphatic heterocycles. The third-order valence-corrected chi connectivity index (χ3v) is 3.41. The molecule has 2 aromatic rings. The van der Waals surface area contributed by atoms with Crippen molar-refractivity contribution < 1.29 is 9.53 Å². The first-order valence-corrected chi connectivity index (χ1v) is 6.54. The zero-order chi connectivity index (χ0) is 14.1. The summed E-state index contributed by atoms with van der Waals surface area (Å²) in [6.07, 6.45) is 2.23. The zero-order valence-corrected chi connectivity index (χ0v) is 11.5. The third kappa shape index (κ3) is 2.24. The molecule has 1 N–H and O–H groups in total. The first kappa shape index (κ1) is 12.7. The number of H-pyrrole nitrogens is 1. The Morgan fingerprint density at radius 3 is 2.85 bits per heavy atom. The van der Waals surface area contributed by atoms with Gasteiger partial charge in [0.1, 0.15) is 11.6 Å². The van der Waals surface area contributed by atoms with E-state index in [1.165, 1.54) is 4.90 Å². The third-order valence-electron chi connectivity index (χ3n) is 3.41. The number of aromatic nitrogens is 3. The molecule has 1 amide bonds. The molecule has 1 heterocycles. The quantitative estimate of drug-likeness (QED) is 0.923. The van der Waals surface area contributed by atoms with Crippen molar-refractivity contribution in [2.75, 3.05) is 19.1 Å². The van der Waals surface area contributed by atoms with Gasteiger partial charge in [0.15, 0.2) is 0 Å². The molecule has 1 aromatic carbocycles. The molecule has 104 valence electrons. The van der Waals surface area contributed by atoms with Crippen molar-refractivity contribution in [3.8, 4) is 5.75 Å². The van der Waals surface area contributed by atoms with E-state index in [-0.39, 0.29) is 11.7 Å². The number of amides is 1. The van der Waals surface area contributed by atoms with E-state index < -0.39 is 0 Å². The van der Waals surface area contributed by atoms with Gasteiger partial charge in [-0.05, 0) is 25.0 Å². The number of rotatable bonds is 4. The normalized spacial score (nSPS) is 14.1. The highest BCUT2D eigenvalue weighted by Gasteiger charge is 2.29. The maximum Gasteiger partial charge on any atom is 0.297 e. The van der Waals surface area contributed by atoms with E-state index in [4.69, 9.17) is 4.74 Å². The van der Waals surface area contributed by atoms with Crippen molar-refractivity contribution >= 4 is 11.6 Å². The van der Waals surface area contributed by atoms with Gasteiger partial charge < -0.3 is 9.64 Å². The summed E-state index contributed by atoms with van der Waals surface area (Å²) in [7, 11) is 3.27. The molecule has 1 aliphatic carbocycles. The molecule has 0 atom stereocenters. The molecule has 6 heteroatoms. The molecule has 1 aliphatic rings. The lowest BCUT2D eigenvalue weighted by molar-refractivity contribution is 0.0983. The van der Waals surface area contributed by atoms with Crippen LogP contribution in [0, 0.1) is 0 Å². The molecule has 0 unspecified atom stereocenters. The second-order valence-corrected chi connectivity index (χ2v) is 4.85. The van der Waals surface area contributed by atoms with Gasteiger partial charge >= 0.3 is 0 Å². The van der Waals surface area contributed by atoms with Gasteiger partial charge in [0.05, 0.1) is 12.8 Å². The van der Waals surface area contributed by atoms with E-state index >= 15 is 0 Å². The van der Waals surface area contributed by atoms with Crippen LogP contribution in [0.2, 0.25) is 0 Å². The number of para-hydroxylation sites is 2. The summed E-state index contributed by atoms with van der Waals surface area (Å²) in [5.74, 6) is 1.83. The van der Waals surface area contributed by atoms with Crippen LogP contribution in [0.4, 0.5) is 5.69 Å². The number of anilines is 1. The number of hydrogen-bond donors (Lipinski definition) is 1. The molecule has 0 spiro atoms. The van der Waals surface area contributed by atoms with E-state index in [0.29, 0.717) is 17.4 Å². The van der Waals surface area contributed by atoms with Gasteiger partial charge in [0.25, 0.3) is 5.91 Å². The van der Waals surface area contributed by atoms with E-state index in [2.05, 4.69) is 15.2 Å². The Labute approximate surface area is 116 Å². The smallest absolute Gasteiger partial charge is 0.297 e.